The summed E-state index contributed by atoms with van der Waals surface area (Å²) in [7, 11) is 0. The highest BCUT2D eigenvalue weighted by Gasteiger charge is 1.86. The monoisotopic (exact) mass is 240 g/mol. The van der Waals surface area contributed by atoms with Crippen molar-refractivity contribution in [3.8, 4) is 0 Å². The number of aliphatic imine (C=N–C) groups is 1. The Morgan fingerprint density at radius 2 is 1.69 bits per heavy atom. The van der Waals surface area contributed by atoms with E-state index in [0.29, 0.717) is 5.69 Å². The highest BCUT2D eigenvalue weighted by Crippen LogP contribution is 2.15. The van der Waals surface area contributed by atoms with E-state index in [1.807, 2.05) is 12.1 Å². The van der Waals surface area contributed by atoms with Crippen molar-refractivity contribution >= 4 is 33.8 Å². The molecule has 13 heavy (non-hydrogen) atoms. The second-order valence-corrected chi connectivity index (χ2v) is 2.70. The molecule has 0 aliphatic rings. The van der Waals surface area contributed by atoms with Gasteiger partial charge >= 0.3 is 0 Å². The lowest BCUT2D eigenvalue weighted by Crippen LogP contribution is -1.63. The molecule has 0 radical (unpaired) electrons. The summed E-state index contributed by atoms with van der Waals surface area (Å²) in [6, 6.07) is 7.09. The highest BCUT2D eigenvalue weighted by atomic mass is 79.9. The Balaban J connectivity index is 0.000000424. The molecule has 0 aliphatic heterocycles. The molecule has 1 aromatic carbocycles. The van der Waals surface area contributed by atoms with Crippen LogP contribution in [0.2, 0.25) is 0 Å². The number of benzene rings is 1. The van der Waals surface area contributed by atoms with Crippen LogP contribution in [0.4, 0.5) is 5.69 Å². The normalized spacial score (nSPS) is 7.15. The van der Waals surface area contributed by atoms with Crippen molar-refractivity contribution in [1.29, 1.82) is 5.41 Å². The number of hydrogen-bond acceptors (Lipinski definition) is 4. The van der Waals surface area contributed by atoms with Crippen LogP contribution in [0.1, 0.15) is 0 Å². The van der Waals surface area contributed by atoms with E-state index in [4.69, 9.17) is 10.2 Å². The molecule has 1 rings (SSSR count). The number of rotatable bonds is 1. The van der Waals surface area contributed by atoms with Crippen LogP contribution in [0.15, 0.2) is 33.7 Å². The average molecular weight is 241 g/mol. The summed E-state index contributed by atoms with van der Waals surface area (Å²) in [6.45, 7) is 0. The summed E-state index contributed by atoms with van der Waals surface area (Å²) in [5.41, 5.74) is 0.623. The third-order valence-electron chi connectivity index (χ3n) is 1.00. The molecular weight excluding hydrogens is 236 g/mol. The fraction of sp³-hybridized carbons (Fsp3) is 0. The molecule has 0 heterocycles. The summed E-state index contributed by atoms with van der Waals surface area (Å²) in [5, 5.41) is 5.40. The molecule has 0 aliphatic carbocycles. The van der Waals surface area contributed by atoms with Crippen LogP contribution in [-0.2, 0) is 9.59 Å². The van der Waals surface area contributed by atoms with Crippen LogP contribution in [0.25, 0.3) is 0 Å². The zero-order valence-electron chi connectivity index (χ0n) is 6.45. The third kappa shape index (κ3) is 5.70. The molecule has 0 spiro atoms. The van der Waals surface area contributed by atoms with Crippen molar-refractivity contribution in [3.63, 3.8) is 0 Å². The molecule has 0 bridgehead atoms. The van der Waals surface area contributed by atoms with Gasteiger partial charge in [0.05, 0.1) is 5.69 Å². The van der Waals surface area contributed by atoms with Crippen molar-refractivity contribution in [1.82, 2.24) is 0 Å². The molecule has 1 aromatic rings. The van der Waals surface area contributed by atoms with Gasteiger partial charge in [0, 0.05) is 4.47 Å². The van der Waals surface area contributed by atoms with Crippen molar-refractivity contribution in [2.24, 2.45) is 4.99 Å². The Kier molecular flexibility index (Phi) is 6.28. The molecule has 0 unspecified atom stereocenters. The molecule has 0 aromatic heterocycles. The Labute approximate surface area is 82.9 Å². The molecule has 0 amide bonds. The van der Waals surface area contributed by atoms with E-state index >= 15 is 0 Å². The SMILES string of the molecule is N=C=O.O=C=Nc1ccc(Br)cc1. The molecule has 0 fully saturated rings. The quantitative estimate of drug-likeness (QED) is 0.605. The van der Waals surface area contributed by atoms with Crippen LogP contribution in [0.5, 0.6) is 0 Å². The van der Waals surface area contributed by atoms with Crippen LogP contribution >= 0.6 is 15.9 Å². The molecule has 0 saturated carbocycles. The molecule has 4 nitrogen and oxygen atoms in total. The highest BCUT2D eigenvalue weighted by molar-refractivity contribution is 9.10. The number of isocyanates is 2. The summed E-state index contributed by atoms with van der Waals surface area (Å²) >= 11 is 3.26. The van der Waals surface area contributed by atoms with E-state index in [1.165, 1.54) is 6.08 Å². The van der Waals surface area contributed by atoms with Gasteiger partial charge in [0.2, 0.25) is 12.2 Å². The standard InChI is InChI=1S/C7H4BrNO.CHNO/c8-6-1-3-7(4-2-6)9-5-10;2-1-3/h1-4H;2H. The summed E-state index contributed by atoms with van der Waals surface area (Å²) < 4.78 is 0.970. The predicted octanol–water partition coefficient (Wildman–Crippen LogP) is 2.32. The third-order valence-corrected chi connectivity index (χ3v) is 1.53. The Bertz CT molecular complexity index is 336. The van der Waals surface area contributed by atoms with Gasteiger partial charge in [-0.05, 0) is 24.3 Å². The molecule has 0 saturated heterocycles. The first-order chi connectivity index (χ1) is 6.24. The fourth-order valence-corrected chi connectivity index (χ4v) is 0.833. The maximum Gasteiger partial charge on any atom is 0.240 e. The predicted molar refractivity (Wildman–Crippen MR) is 50.3 cm³/mol. The number of carbonyl (C=O) groups excluding carboxylic acids is 2. The Morgan fingerprint density at radius 3 is 2.08 bits per heavy atom. The van der Waals surface area contributed by atoms with Gasteiger partial charge in [0.15, 0.2) is 0 Å². The number of halogens is 1. The van der Waals surface area contributed by atoms with E-state index in [1.54, 1.807) is 12.1 Å². The molecule has 66 valence electrons. The second-order valence-electron chi connectivity index (χ2n) is 1.78. The molecule has 1 N–H and O–H groups in total. The average Bonchev–Trinajstić information content (AvgIpc) is 2.11. The summed E-state index contributed by atoms with van der Waals surface area (Å²) in [5.74, 6) is 0. The lowest BCUT2D eigenvalue weighted by molar-refractivity contribution is 0.562. The maximum atomic E-state index is 9.76. The van der Waals surface area contributed by atoms with E-state index in [-0.39, 0.29) is 0 Å². The lowest BCUT2D eigenvalue weighted by atomic mass is 10.3. The van der Waals surface area contributed by atoms with Gasteiger partial charge in [0.1, 0.15) is 0 Å². The van der Waals surface area contributed by atoms with Crippen LogP contribution in [0.3, 0.4) is 0 Å². The first-order valence-electron chi connectivity index (χ1n) is 3.12. The zero-order valence-corrected chi connectivity index (χ0v) is 8.04. The largest absolute Gasteiger partial charge is 0.240 e. The lowest BCUT2D eigenvalue weighted by Gasteiger charge is -1.88. The van der Waals surface area contributed by atoms with Gasteiger partial charge in [-0.25, -0.2) is 15.0 Å². The number of nitrogens with zero attached hydrogens (tertiary/aromatic N) is 1. The smallest absolute Gasteiger partial charge is 0.222 e. The first kappa shape index (κ1) is 11.5. The molecule has 5 heteroatoms. The number of nitrogens with one attached hydrogen (secondary N) is 1. The van der Waals surface area contributed by atoms with E-state index < -0.39 is 0 Å². The summed E-state index contributed by atoms with van der Waals surface area (Å²) in [4.78, 5) is 21.5. The van der Waals surface area contributed by atoms with Crippen LogP contribution in [0, 0.1) is 5.41 Å². The maximum absolute atomic E-state index is 9.76. The minimum atomic E-state index is 0.623. The van der Waals surface area contributed by atoms with Crippen LogP contribution < -0.4 is 0 Å². The van der Waals surface area contributed by atoms with Crippen molar-refractivity contribution in [2.75, 3.05) is 0 Å². The van der Waals surface area contributed by atoms with E-state index in [0.717, 1.165) is 10.6 Å². The van der Waals surface area contributed by atoms with E-state index in [2.05, 4.69) is 20.9 Å². The van der Waals surface area contributed by atoms with Gasteiger partial charge in [-0.2, -0.15) is 4.99 Å². The minimum absolute atomic E-state index is 0.623. The zero-order chi connectivity index (χ0) is 10.1. The topological polar surface area (TPSA) is 70.3 Å². The van der Waals surface area contributed by atoms with Gasteiger partial charge in [-0.15, -0.1) is 0 Å². The van der Waals surface area contributed by atoms with Crippen molar-refractivity contribution in [3.05, 3.63) is 28.7 Å². The first-order valence-corrected chi connectivity index (χ1v) is 3.91. The van der Waals surface area contributed by atoms with Crippen LogP contribution in [-0.4, -0.2) is 12.2 Å². The Hall–Kier alpha value is -1.54. The fourth-order valence-electron chi connectivity index (χ4n) is 0.568. The van der Waals surface area contributed by atoms with Gasteiger partial charge in [-0.3, -0.25) is 0 Å². The van der Waals surface area contributed by atoms with Crippen molar-refractivity contribution in [2.45, 2.75) is 0 Å². The molecular formula is C8H5BrN2O2. The number of hydrogen-bond donors (Lipinski definition) is 1. The minimum Gasteiger partial charge on any atom is -0.222 e. The summed E-state index contributed by atoms with van der Waals surface area (Å²) in [6.07, 6.45) is 2.21. The second kappa shape index (κ2) is 7.13. The Morgan fingerprint density at radius 1 is 1.23 bits per heavy atom. The van der Waals surface area contributed by atoms with Gasteiger partial charge in [-0.1, -0.05) is 15.9 Å². The van der Waals surface area contributed by atoms with Gasteiger partial charge in [0.25, 0.3) is 0 Å². The molecule has 0 atom stereocenters. The van der Waals surface area contributed by atoms with E-state index in [9.17, 15) is 4.79 Å². The van der Waals surface area contributed by atoms with Gasteiger partial charge < -0.3 is 0 Å². The van der Waals surface area contributed by atoms with Crippen molar-refractivity contribution < 1.29 is 9.59 Å².